The number of benzene rings is 2. The first-order chi connectivity index (χ1) is 21.3. The molecule has 12 heteroatoms. The Labute approximate surface area is 255 Å². The second-order valence-electron chi connectivity index (χ2n) is 11.1. The van der Waals surface area contributed by atoms with Crippen LogP contribution in [0, 0.1) is 5.92 Å². The molecule has 1 aliphatic rings. The Morgan fingerprint density at radius 1 is 1.05 bits per heavy atom. The van der Waals surface area contributed by atoms with Crippen molar-refractivity contribution < 1.29 is 19.1 Å². The van der Waals surface area contributed by atoms with Crippen LogP contribution in [0.1, 0.15) is 37.2 Å². The topological polar surface area (TPSA) is 143 Å². The summed E-state index contributed by atoms with van der Waals surface area (Å²) in [6.07, 6.45) is 4.41. The minimum atomic E-state index is -0.778. The van der Waals surface area contributed by atoms with Crippen molar-refractivity contribution in [3.8, 4) is 22.8 Å². The summed E-state index contributed by atoms with van der Waals surface area (Å²) in [6.45, 7) is 4.92. The number of carbonyl (C=O) groups excluding carboxylic acids is 3. The zero-order chi connectivity index (χ0) is 31.1. The molecular weight excluding hydrogens is 562 g/mol. The number of hydrogen-bond donors (Lipinski definition) is 3. The molecule has 2 bridgehead atoms. The van der Waals surface area contributed by atoms with Crippen LogP contribution < -0.4 is 20.9 Å². The molecule has 0 aliphatic carbocycles. The van der Waals surface area contributed by atoms with Crippen molar-refractivity contribution >= 4 is 17.7 Å². The van der Waals surface area contributed by atoms with Crippen molar-refractivity contribution in [1.29, 1.82) is 0 Å². The molecule has 5 rings (SSSR count). The molecule has 12 nitrogen and oxygen atoms in total. The number of amides is 3. The number of ether oxygens (including phenoxy) is 1. The van der Waals surface area contributed by atoms with E-state index in [4.69, 9.17) is 4.74 Å². The Hall–Kier alpha value is -5.13. The van der Waals surface area contributed by atoms with E-state index in [9.17, 15) is 19.2 Å². The Morgan fingerprint density at radius 3 is 2.66 bits per heavy atom. The fraction of sp³-hybridized carbons (Fsp3) is 0.344. The molecule has 1 atom stereocenters. The van der Waals surface area contributed by atoms with Crippen LogP contribution in [-0.2, 0) is 16.1 Å². The van der Waals surface area contributed by atoms with E-state index in [1.54, 1.807) is 30.5 Å². The zero-order valence-corrected chi connectivity index (χ0v) is 24.9. The monoisotopic (exact) mass is 599 g/mol. The smallest absolute Gasteiger partial charge is 0.272 e. The van der Waals surface area contributed by atoms with Gasteiger partial charge in [0, 0.05) is 43.7 Å². The lowest BCUT2D eigenvalue weighted by atomic mass is 10.0. The maximum Gasteiger partial charge on any atom is 0.272 e. The van der Waals surface area contributed by atoms with Gasteiger partial charge in [-0.15, -0.1) is 0 Å². The Bertz CT molecular complexity index is 1660. The molecule has 230 valence electrons. The van der Waals surface area contributed by atoms with Gasteiger partial charge >= 0.3 is 0 Å². The number of aromatic amines is 1. The summed E-state index contributed by atoms with van der Waals surface area (Å²) in [7, 11) is 0. The number of rotatable bonds is 4. The molecule has 0 radical (unpaired) electrons. The van der Waals surface area contributed by atoms with Crippen LogP contribution in [-0.4, -0.2) is 74.2 Å². The van der Waals surface area contributed by atoms with Crippen LogP contribution in [0.4, 0.5) is 0 Å². The van der Waals surface area contributed by atoms with Crippen LogP contribution in [0.3, 0.4) is 0 Å². The highest BCUT2D eigenvalue weighted by atomic mass is 16.5. The van der Waals surface area contributed by atoms with E-state index >= 15 is 0 Å². The number of aromatic nitrogens is 4. The lowest BCUT2D eigenvalue weighted by Gasteiger charge is -2.25. The van der Waals surface area contributed by atoms with Crippen molar-refractivity contribution in [2.45, 2.75) is 39.3 Å². The molecular formula is C32H37N7O5. The van der Waals surface area contributed by atoms with Crippen LogP contribution in [0.2, 0.25) is 0 Å². The summed E-state index contributed by atoms with van der Waals surface area (Å²) in [4.78, 5) is 58.7. The quantitative estimate of drug-likeness (QED) is 0.329. The molecule has 4 aromatic rings. The van der Waals surface area contributed by atoms with Gasteiger partial charge in [0.2, 0.25) is 11.8 Å². The van der Waals surface area contributed by atoms with E-state index in [-0.39, 0.29) is 37.2 Å². The summed E-state index contributed by atoms with van der Waals surface area (Å²) < 4.78 is 9.24. The van der Waals surface area contributed by atoms with E-state index in [2.05, 4.69) is 20.7 Å². The highest BCUT2D eigenvalue weighted by Crippen LogP contribution is 2.23. The highest BCUT2D eigenvalue weighted by Gasteiger charge is 2.26. The first kappa shape index (κ1) is 30.3. The number of para-hydroxylation sites is 1. The molecule has 2 aromatic carbocycles. The van der Waals surface area contributed by atoms with Gasteiger partial charge < -0.3 is 24.8 Å². The minimum absolute atomic E-state index is 0.0504. The molecule has 0 spiro atoms. The molecule has 2 aromatic heterocycles. The van der Waals surface area contributed by atoms with Crippen LogP contribution >= 0.6 is 0 Å². The SMILES string of the molecule is CC(C)C[C@H]1NC(=O)CN(C(=O)c2cc(=O)n(-c3ccccc3)[nH]2)CCCOc2cccc(c2)-c2nccn2CCNC1=O. The van der Waals surface area contributed by atoms with Gasteiger partial charge in [0.15, 0.2) is 0 Å². The van der Waals surface area contributed by atoms with Gasteiger partial charge in [-0.05, 0) is 43.0 Å². The molecule has 3 amide bonds. The fourth-order valence-corrected chi connectivity index (χ4v) is 5.16. The van der Waals surface area contributed by atoms with Gasteiger partial charge in [-0.2, -0.15) is 0 Å². The second kappa shape index (κ2) is 13.9. The van der Waals surface area contributed by atoms with Crippen molar-refractivity contribution in [2.24, 2.45) is 5.92 Å². The third-order valence-corrected chi connectivity index (χ3v) is 7.25. The summed E-state index contributed by atoms with van der Waals surface area (Å²) in [5, 5.41) is 8.63. The van der Waals surface area contributed by atoms with Gasteiger partial charge in [-0.25, -0.2) is 9.67 Å². The summed E-state index contributed by atoms with van der Waals surface area (Å²) in [6, 6.07) is 16.9. The van der Waals surface area contributed by atoms with Gasteiger partial charge in [0.25, 0.3) is 11.5 Å². The highest BCUT2D eigenvalue weighted by molar-refractivity contribution is 5.95. The second-order valence-corrected chi connectivity index (χ2v) is 11.1. The average Bonchev–Trinajstić information content (AvgIpc) is 3.64. The summed E-state index contributed by atoms with van der Waals surface area (Å²) >= 11 is 0. The van der Waals surface area contributed by atoms with Crippen molar-refractivity contribution in [2.75, 3.05) is 26.2 Å². The van der Waals surface area contributed by atoms with Crippen molar-refractivity contribution in [1.82, 2.24) is 34.9 Å². The van der Waals surface area contributed by atoms with Crippen molar-refractivity contribution in [3.63, 3.8) is 0 Å². The third kappa shape index (κ3) is 7.44. The number of nitrogens with zero attached hydrogens (tertiary/aromatic N) is 4. The minimum Gasteiger partial charge on any atom is -0.494 e. The number of nitrogens with one attached hydrogen (secondary N) is 3. The van der Waals surface area contributed by atoms with E-state index in [1.165, 1.54) is 15.6 Å². The Balaban J connectivity index is 1.40. The van der Waals surface area contributed by atoms with E-state index < -0.39 is 23.4 Å². The number of fused-ring (bicyclic) bond motifs is 4. The van der Waals surface area contributed by atoms with Crippen LogP contribution in [0.25, 0.3) is 17.1 Å². The van der Waals surface area contributed by atoms with E-state index in [0.717, 1.165) is 11.4 Å². The lowest BCUT2D eigenvalue weighted by Crippen LogP contribution is -2.51. The number of imidazole rings is 1. The summed E-state index contributed by atoms with van der Waals surface area (Å²) in [5.74, 6) is 0.228. The fourth-order valence-electron chi connectivity index (χ4n) is 5.16. The summed E-state index contributed by atoms with van der Waals surface area (Å²) in [5.41, 5.74) is 1.10. The molecule has 3 N–H and O–H groups in total. The standard InChI is InChI=1S/C32H37N7O5/c1-22(2)18-26-31(42)34-13-16-37-15-12-33-30(37)23-8-6-11-25(19-23)44-17-7-14-38(21-28(40)35-26)32(43)27-20-29(41)39(36-27)24-9-4-3-5-10-24/h3-6,8-12,15,19-20,22,26,36H,7,13-14,16-18,21H2,1-2H3,(H,34,42)(H,35,40)/t26-/m1/s1. The largest absolute Gasteiger partial charge is 0.494 e. The van der Waals surface area contributed by atoms with Gasteiger partial charge in [0.1, 0.15) is 23.3 Å². The normalized spacial score (nSPS) is 16.7. The van der Waals surface area contributed by atoms with Gasteiger partial charge in [-0.1, -0.05) is 44.2 Å². The van der Waals surface area contributed by atoms with Crippen LogP contribution in [0.15, 0.2) is 77.9 Å². The predicted molar refractivity (Wildman–Crippen MR) is 164 cm³/mol. The molecule has 0 saturated carbocycles. The first-order valence-corrected chi connectivity index (χ1v) is 14.8. The maximum absolute atomic E-state index is 13.7. The van der Waals surface area contributed by atoms with Crippen molar-refractivity contribution in [3.05, 3.63) is 89.1 Å². The first-order valence-electron chi connectivity index (χ1n) is 14.8. The molecule has 3 heterocycles. The lowest BCUT2D eigenvalue weighted by molar-refractivity contribution is -0.129. The van der Waals surface area contributed by atoms with E-state index in [0.29, 0.717) is 37.4 Å². The zero-order valence-electron chi connectivity index (χ0n) is 24.9. The number of carbonyl (C=O) groups is 3. The molecule has 1 aliphatic heterocycles. The number of hydrogen-bond acceptors (Lipinski definition) is 6. The van der Waals surface area contributed by atoms with Gasteiger partial charge in [-0.3, -0.25) is 24.3 Å². The maximum atomic E-state index is 13.7. The molecule has 44 heavy (non-hydrogen) atoms. The Morgan fingerprint density at radius 2 is 1.86 bits per heavy atom. The third-order valence-electron chi connectivity index (χ3n) is 7.25. The van der Waals surface area contributed by atoms with Crippen LogP contribution in [0.5, 0.6) is 5.75 Å². The predicted octanol–water partition coefficient (Wildman–Crippen LogP) is 2.60. The molecule has 0 saturated heterocycles. The Kier molecular flexibility index (Phi) is 9.58. The number of H-pyrrole nitrogens is 1. The average molecular weight is 600 g/mol. The van der Waals surface area contributed by atoms with Gasteiger partial charge in [0.05, 0.1) is 18.8 Å². The molecule has 0 unspecified atom stereocenters. The molecule has 0 fully saturated rings. The van der Waals surface area contributed by atoms with E-state index in [1.807, 2.05) is 54.9 Å².